The molecule has 2 aromatic heterocycles. The number of nitrogens with one attached hydrogen (secondary N) is 1. The molecule has 0 saturated carbocycles. The molecule has 1 fully saturated rings. The van der Waals surface area contributed by atoms with Crippen molar-refractivity contribution in [2.45, 2.75) is 26.5 Å². The Hall–Kier alpha value is -2.04. The Morgan fingerprint density at radius 1 is 1.36 bits per heavy atom. The zero-order valence-electron chi connectivity index (χ0n) is 14.4. The fourth-order valence-electron chi connectivity index (χ4n) is 2.71. The van der Waals surface area contributed by atoms with Gasteiger partial charge in [-0.05, 0) is 13.3 Å². The summed E-state index contributed by atoms with van der Waals surface area (Å²) < 4.78 is 9.92. The Morgan fingerprint density at radius 3 is 3.00 bits per heavy atom. The molecule has 9 nitrogen and oxygen atoms in total. The van der Waals surface area contributed by atoms with Gasteiger partial charge in [-0.3, -0.25) is 10.2 Å². The van der Waals surface area contributed by atoms with Gasteiger partial charge in [-0.25, -0.2) is 9.78 Å². The summed E-state index contributed by atoms with van der Waals surface area (Å²) in [7, 11) is 1.55. The molecule has 1 N–H and O–H groups in total. The second-order valence-corrected chi connectivity index (χ2v) is 6.92. The lowest BCUT2D eigenvalue weighted by atomic mass is 10.3. The molecule has 136 valence electrons. The first kappa shape index (κ1) is 17.8. The van der Waals surface area contributed by atoms with Crippen LogP contribution in [0.25, 0.3) is 0 Å². The number of thiazole rings is 1. The minimum Gasteiger partial charge on any atom is -0.377 e. The van der Waals surface area contributed by atoms with Crippen molar-refractivity contribution in [3.05, 3.63) is 21.9 Å². The number of methoxy groups -OCH3 is 1. The molecule has 1 aliphatic heterocycles. The largest absolute Gasteiger partial charge is 0.377 e. The highest BCUT2D eigenvalue weighted by atomic mass is 32.1. The number of aromatic nitrogens is 3. The summed E-state index contributed by atoms with van der Waals surface area (Å²) in [5.74, 6) is 0.401. The van der Waals surface area contributed by atoms with E-state index in [0.29, 0.717) is 18.9 Å². The lowest BCUT2D eigenvalue weighted by Gasteiger charge is -2.21. The van der Waals surface area contributed by atoms with Crippen LogP contribution < -0.4 is 5.32 Å². The number of aryl methyl sites for hydroxylation is 1. The molecule has 0 bridgehead atoms. The van der Waals surface area contributed by atoms with E-state index in [-0.39, 0.29) is 18.7 Å². The highest BCUT2D eigenvalue weighted by molar-refractivity contribution is 7.09. The van der Waals surface area contributed by atoms with E-state index in [4.69, 9.17) is 9.26 Å². The smallest absolute Gasteiger partial charge is 0.329 e. The van der Waals surface area contributed by atoms with E-state index in [9.17, 15) is 4.79 Å². The molecule has 3 rings (SSSR count). The summed E-state index contributed by atoms with van der Waals surface area (Å²) in [6.45, 7) is 6.17. The molecule has 0 radical (unpaired) electrons. The van der Waals surface area contributed by atoms with Crippen LogP contribution in [0.3, 0.4) is 0 Å². The summed E-state index contributed by atoms with van der Waals surface area (Å²) in [6, 6.07) is -0.130. The van der Waals surface area contributed by atoms with Gasteiger partial charge in [0, 0.05) is 45.2 Å². The molecule has 0 aliphatic carbocycles. The Bertz CT molecular complexity index is 703. The van der Waals surface area contributed by atoms with Crippen molar-refractivity contribution in [2.24, 2.45) is 0 Å². The maximum Gasteiger partial charge on any atom is 0.329 e. The molecular weight excluding hydrogens is 344 g/mol. The number of hydrogen-bond donors (Lipinski definition) is 1. The van der Waals surface area contributed by atoms with Crippen molar-refractivity contribution in [3.8, 4) is 0 Å². The van der Waals surface area contributed by atoms with E-state index >= 15 is 0 Å². The van der Waals surface area contributed by atoms with Crippen LogP contribution in [-0.4, -0.2) is 64.2 Å². The van der Waals surface area contributed by atoms with Crippen molar-refractivity contribution in [1.82, 2.24) is 24.9 Å². The molecule has 0 unspecified atom stereocenters. The van der Waals surface area contributed by atoms with Gasteiger partial charge in [-0.2, -0.15) is 4.98 Å². The highest BCUT2D eigenvalue weighted by Gasteiger charge is 2.21. The Kier molecular flexibility index (Phi) is 5.95. The first-order valence-corrected chi connectivity index (χ1v) is 9.03. The number of urea groups is 1. The van der Waals surface area contributed by atoms with Crippen molar-refractivity contribution in [1.29, 1.82) is 0 Å². The highest BCUT2D eigenvalue weighted by Crippen LogP contribution is 2.13. The van der Waals surface area contributed by atoms with Crippen LogP contribution in [0.4, 0.5) is 10.8 Å². The molecule has 3 heterocycles. The number of carbonyl (C=O) groups excluding carboxylic acids is 1. The number of amides is 2. The third kappa shape index (κ3) is 4.97. The van der Waals surface area contributed by atoms with Gasteiger partial charge in [-0.1, -0.05) is 5.16 Å². The molecule has 0 atom stereocenters. The van der Waals surface area contributed by atoms with Crippen molar-refractivity contribution >= 4 is 23.4 Å². The molecule has 0 spiro atoms. The number of ether oxygens (including phenoxy) is 1. The van der Waals surface area contributed by atoms with E-state index < -0.39 is 0 Å². The Labute approximate surface area is 150 Å². The minimum absolute atomic E-state index is 0.0936. The zero-order chi connectivity index (χ0) is 17.6. The second-order valence-electron chi connectivity index (χ2n) is 5.85. The SMILES string of the molecule is COCc1noc(NC(=O)N2CCCN(Cc3csc(C)n3)CC2)n1. The Balaban J connectivity index is 1.50. The van der Waals surface area contributed by atoms with E-state index in [1.807, 2.05) is 6.92 Å². The van der Waals surface area contributed by atoms with Gasteiger partial charge in [0.15, 0.2) is 5.82 Å². The summed E-state index contributed by atoms with van der Waals surface area (Å²) >= 11 is 1.67. The van der Waals surface area contributed by atoms with Crippen LogP contribution in [0, 0.1) is 6.92 Å². The fraction of sp³-hybridized carbons (Fsp3) is 0.600. The summed E-state index contributed by atoms with van der Waals surface area (Å²) in [5, 5.41) is 9.55. The zero-order valence-corrected chi connectivity index (χ0v) is 15.2. The van der Waals surface area contributed by atoms with Gasteiger partial charge >= 0.3 is 12.0 Å². The van der Waals surface area contributed by atoms with Crippen molar-refractivity contribution < 1.29 is 14.1 Å². The monoisotopic (exact) mass is 366 g/mol. The predicted octanol–water partition coefficient (Wildman–Crippen LogP) is 1.72. The van der Waals surface area contributed by atoms with E-state index in [1.165, 1.54) is 0 Å². The fourth-order valence-corrected chi connectivity index (χ4v) is 3.31. The van der Waals surface area contributed by atoms with Crippen LogP contribution in [-0.2, 0) is 17.9 Å². The molecular formula is C15H22N6O3S. The molecule has 10 heteroatoms. The average molecular weight is 366 g/mol. The van der Waals surface area contributed by atoms with Gasteiger partial charge in [0.2, 0.25) is 0 Å². The molecule has 1 aliphatic rings. The topological polar surface area (TPSA) is 96.6 Å². The van der Waals surface area contributed by atoms with E-state index in [0.717, 1.165) is 36.8 Å². The second kappa shape index (κ2) is 8.37. The van der Waals surface area contributed by atoms with E-state index in [1.54, 1.807) is 23.3 Å². The maximum atomic E-state index is 12.4. The summed E-state index contributed by atoms with van der Waals surface area (Å²) in [5.41, 5.74) is 1.09. The number of carbonyl (C=O) groups is 1. The Morgan fingerprint density at radius 2 is 2.24 bits per heavy atom. The van der Waals surface area contributed by atoms with Gasteiger partial charge < -0.3 is 14.2 Å². The van der Waals surface area contributed by atoms with Gasteiger partial charge in [0.05, 0.1) is 10.7 Å². The van der Waals surface area contributed by atoms with Gasteiger partial charge in [0.25, 0.3) is 0 Å². The van der Waals surface area contributed by atoms with Crippen LogP contribution in [0.2, 0.25) is 0 Å². The van der Waals surface area contributed by atoms with Crippen molar-refractivity contribution in [3.63, 3.8) is 0 Å². The van der Waals surface area contributed by atoms with Crippen molar-refractivity contribution in [2.75, 3.05) is 38.6 Å². The molecule has 1 saturated heterocycles. The van der Waals surface area contributed by atoms with Gasteiger partial charge in [-0.15, -0.1) is 11.3 Å². The predicted molar refractivity (Wildman–Crippen MR) is 92.3 cm³/mol. The summed E-state index contributed by atoms with van der Waals surface area (Å²) in [6.07, 6.45) is 0.912. The normalized spacial score (nSPS) is 16.0. The first-order chi connectivity index (χ1) is 12.1. The van der Waals surface area contributed by atoms with Gasteiger partial charge in [0.1, 0.15) is 6.61 Å². The third-order valence-electron chi connectivity index (χ3n) is 3.88. The maximum absolute atomic E-state index is 12.4. The number of anilines is 1. The van der Waals surface area contributed by atoms with Crippen LogP contribution in [0.1, 0.15) is 22.9 Å². The average Bonchev–Trinajstić information content (AvgIpc) is 3.11. The standard InChI is InChI=1S/C15H22N6O3S/c1-11-16-12(10-25-11)8-20-4-3-5-21(7-6-20)15(22)18-14-17-13(9-23-2)19-24-14/h10H,3-9H2,1-2H3,(H,17,18,19,22). The lowest BCUT2D eigenvalue weighted by molar-refractivity contribution is 0.174. The minimum atomic E-state index is -0.223. The number of nitrogens with zero attached hydrogens (tertiary/aromatic N) is 5. The quantitative estimate of drug-likeness (QED) is 0.860. The summed E-state index contributed by atoms with van der Waals surface area (Å²) in [4.78, 5) is 25.0. The van der Waals surface area contributed by atoms with E-state index in [2.05, 4.69) is 30.7 Å². The molecule has 2 aromatic rings. The molecule has 0 aromatic carbocycles. The molecule has 25 heavy (non-hydrogen) atoms. The van der Waals surface area contributed by atoms with Crippen LogP contribution in [0.5, 0.6) is 0 Å². The first-order valence-electron chi connectivity index (χ1n) is 8.15. The number of rotatable bonds is 5. The lowest BCUT2D eigenvalue weighted by Crippen LogP contribution is -2.38. The van der Waals surface area contributed by atoms with Crippen LogP contribution >= 0.6 is 11.3 Å². The molecule has 2 amide bonds. The van der Waals surface area contributed by atoms with Crippen LogP contribution in [0.15, 0.2) is 9.90 Å². The number of hydrogen-bond acceptors (Lipinski definition) is 8. The third-order valence-corrected chi connectivity index (χ3v) is 4.71.